The minimum atomic E-state index is -4.42. The average Bonchev–Trinajstić information content (AvgIpc) is 2.37. The summed E-state index contributed by atoms with van der Waals surface area (Å²) in [6, 6.07) is 3.01. The van der Waals surface area contributed by atoms with E-state index in [4.69, 9.17) is 5.73 Å². The van der Waals surface area contributed by atoms with E-state index < -0.39 is 22.5 Å². The van der Waals surface area contributed by atoms with Crippen molar-refractivity contribution in [3.05, 3.63) is 23.8 Å². The number of hydrogen-bond donors (Lipinski definition) is 1. The third-order valence-electron chi connectivity index (χ3n) is 3.02. The molecule has 0 radical (unpaired) electrons. The van der Waals surface area contributed by atoms with Gasteiger partial charge in [-0.25, -0.2) is 0 Å². The fourth-order valence-corrected chi connectivity index (χ4v) is 3.11. The van der Waals surface area contributed by atoms with Crippen molar-refractivity contribution in [1.29, 1.82) is 0 Å². The highest BCUT2D eigenvalue weighted by Gasteiger charge is 2.31. The van der Waals surface area contributed by atoms with Crippen LogP contribution in [0.1, 0.15) is 44.6 Å². The molecule has 0 aliphatic heterocycles. The molecule has 0 aliphatic rings. The van der Waals surface area contributed by atoms with Crippen LogP contribution < -0.4 is 5.73 Å². The lowest BCUT2D eigenvalue weighted by molar-refractivity contribution is -0.137. The molecular weight excluding hydrogens is 287 g/mol. The maximum atomic E-state index is 12.5. The standard InChI is InChI=1S/C14H20F3NOS/c1-2-3-4-5-6-9-20(19)13-8-7-11(10-12(13)18)14(15,16)17/h7-8,10H,2-6,9,18H2,1H3. The van der Waals surface area contributed by atoms with Crippen LogP contribution in [0.5, 0.6) is 0 Å². The summed E-state index contributed by atoms with van der Waals surface area (Å²) in [5.41, 5.74) is 4.72. The van der Waals surface area contributed by atoms with E-state index in [9.17, 15) is 17.4 Å². The lowest BCUT2D eigenvalue weighted by atomic mass is 10.2. The van der Waals surface area contributed by atoms with Gasteiger partial charge < -0.3 is 5.73 Å². The van der Waals surface area contributed by atoms with Crippen LogP contribution >= 0.6 is 0 Å². The van der Waals surface area contributed by atoms with E-state index in [2.05, 4.69) is 6.92 Å². The highest BCUT2D eigenvalue weighted by molar-refractivity contribution is 7.85. The quantitative estimate of drug-likeness (QED) is 0.600. The summed E-state index contributed by atoms with van der Waals surface area (Å²) in [5, 5.41) is 0. The van der Waals surface area contributed by atoms with Crippen molar-refractivity contribution in [2.45, 2.75) is 50.1 Å². The van der Waals surface area contributed by atoms with Crippen molar-refractivity contribution in [2.24, 2.45) is 0 Å². The van der Waals surface area contributed by atoms with Gasteiger partial charge in [-0.3, -0.25) is 4.21 Å². The molecule has 0 bridgehead atoms. The van der Waals surface area contributed by atoms with E-state index in [1.807, 2.05) is 0 Å². The van der Waals surface area contributed by atoms with Crippen molar-refractivity contribution >= 4 is 16.5 Å². The van der Waals surface area contributed by atoms with Gasteiger partial charge in [0.25, 0.3) is 0 Å². The lowest BCUT2D eigenvalue weighted by Crippen LogP contribution is -2.08. The molecule has 1 aromatic carbocycles. The maximum absolute atomic E-state index is 12.5. The Hall–Kier alpha value is -1.04. The molecule has 0 fully saturated rings. The number of nitrogen functional groups attached to an aromatic ring is 1. The zero-order valence-electron chi connectivity index (χ0n) is 11.5. The smallest absolute Gasteiger partial charge is 0.398 e. The normalized spacial score (nSPS) is 13.4. The number of halogens is 3. The van der Waals surface area contributed by atoms with E-state index in [0.29, 0.717) is 10.6 Å². The Kier molecular flexibility index (Phi) is 6.52. The first-order chi connectivity index (χ1) is 9.36. The van der Waals surface area contributed by atoms with Crippen LogP contribution in [0.2, 0.25) is 0 Å². The summed E-state index contributed by atoms with van der Waals surface area (Å²) >= 11 is 0. The molecule has 0 amide bonds. The number of unbranched alkanes of at least 4 members (excludes halogenated alkanes) is 4. The van der Waals surface area contributed by atoms with E-state index in [-0.39, 0.29) is 5.69 Å². The molecule has 1 atom stereocenters. The minimum absolute atomic E-state index is 0.0493. The van der Waals surface area contributed by atoms with Crippen molar-refractivity contribution < 1.29 is 17.4 Å². The summed E-state index contributed by atoms with van der Waals surface area (Å²) < 4.78 is 49.5. The second-order valence-corrected chi connectivity index (χ2v) is 6.25. The molecule has 1 rings (SSSR count). The van der Waals surface area contributed by atoms with Crippen LogP contribution in [-0.2, 0) is 17.0 Å². The Morgan fingerprint density at radius 3 is 2.35 bits per heavy atom. The largest absolute Gasteiger partial charge is 0.416 e. The van der Waals surface area contributed by atoms with Gasteiger partial charge in [-0.15, -0.1) is 0 Å². The van der Waals surface area contributed by atoms with Crippen LogP contribution in [0.25, 0.3) is 0 Å². The SMILES string of the molecule is CCCCCCCS(=O)c1ccc(C(F)(F)F)cc1N. The van der Waals surface area contributed by atoms with Crippen LogP contribution in [-0.4, -0.2) is 9.96 Å². The molecule has 6 heteroatoms. The first-order valence-electron chi connectivity index (χ1n) is 6.71. The third kappa shape index (κ3) is 5.15. The number of hydrogen-bond acceptors (Lipinski definition) is 2. The van der Waals surface area contributed by atoms with Gasteiger partial charge in [0.1, 0.15) is 0 Å². The molecule has 0 heterocycles. The van der Waals surface area contributed by atoms with Gasteiger partial charge in [-0.05, 0) is 24.6 Å². The summed E-state index contributed by atoms with van der Waals surface area (Å²) in [7, 11) is -1.33. The Bertz CT molecular complexity index is 460. The zero-order valence-corrected chi connectivity index (χ0v) is 12.3. The van der Waals surface area contributed by atoms with Crippen LogP contribution in [0.4, 0.5) is 18.9 Å². The zero-order chi connectivity index (χ0) is 15.2. The summed E-state index contributed by atoms with van der Waals surface area (Å²) in [4.78, 5) is 0.300. The Balaban J connectivity index is 2.61. The predicted molar refractivity (Wildman–Crippen MR) is 75.9 cm³/mol. The molecule has 0 saturated carbocycles. The van der Waals surface area contributed by atoms with E-state index in [1.165, 1.54) is 6.07 Å². The van der Waals surface area contributed by atoms with Crippen LogP contribution in [0.15, 0.2) is 23.1 Å². The van der Waals surface area contributed by atoms with Crippen LogP contribution in [0, 0.1) is 0 Å². The monoisotopic (exact) mass is 307 g/mol. The van der Waals surface area contributed by atoms with Crippen molar-refractivity contribution in [2.75, 3.05) is 11.5 Å². The van der Waals surface area contributed by atoms with Gasteiger partial charge in [-0.1, -0.05) is 32.6 Å². The minimum Gasteiger partial charge on any atom is -0.398 e. The summed E-state index contributed by atoms with van der Waals surface area (Å²) in [6.45, 7) is 2.11. The molecule has 0 spiro atoms. The van der Waals surface area contributed by atoms with Gasteiger partial charge in [-0.2, -0.15) is 13.2 Å². The molecule has 0 aromatic heterocycles. The van der Waals surface area contributed by atoms with Gasteiger partial charge >= 0.3 is 6.18 Å². The average molecular weight is 307 g/mol. The molecule has 2 nitrogen and oxygen atoms in total. The lowest BCUT2D eigenvalue weighted by Gasteiger charge is -2.10. The number of rotatable bonds is 7. The first-order valence-corrected chi connectivity index (χ1v) is 8.03. The molecule has 20 heavy (non-hydrogen) atoms. The van der Waals surface area contributed by atoms with Crippen molar-refractivity contribution in [1.82, 2.24) is 0 Å². The van der Waals surface area contributed by atoms with E-state index >= 15 is 0 Å². The molecule has 114 valence electrons. The molecule has 1 aromatic rings. The van der Waals surface area contributed by atoms with Crippen molar-refractivity contribution in [3.63, 3.8) is 0 Å². The highest BCUT2D eigenvalue weighted by Crippen LogP contribution is 2.32. The van der Waals surface area contributed by atoms with E-state index in [0.717, 1.165) is 44.2 Å². The topological polar surface area (TPSA) is 43.1 Å². The van der Waals surface area contributed by atoms with Gasteiger partial charge in [0.2, 0.25) is 0 Å². The second kappa shape index (κ2) is 7.67. The van der Waals surface area contributed by atoms with Gasteiger partial charge in [0.15, 0.2) is 0 Å². The Morgan fingerprint density at radius 1 is 1.15 bits per heavy atom. The second-order valence-electron chi connectivity index (χ2n) is 4.71. The number of benzene rings is 1. The van der Waals surface area contributed by atoms with Gasteiger partial charge in [0, 0.05) is 11.4 Å². The fourth-order valence-electron chi connectivity index (χ4n) is 1.88. The number of anilines is 1. The molecular formula is C14H20F3NOS. The molecule has 2 N–H and O–H groups in total. The number of alkyl halides is 3. The fraction of sp³-hybridized carbons (Fsp3) is 0.571. The maximum Gasteiger partial charge on any atom is 0.416 e. The molecule has 1 unspecified atom stereocenters. The molecule has 0 saturated heterocycles. The highest BCUT2D eigenvalue weighted by atomic mass is 32.2. The first kappa shape index (κ1) is 17.0. The Labute approximate surface area is 120 Å². The summed E-state index contributed by atoms with van der Waals surface area (Å²) in [6.07, 6.45) is 0.738. The predicted octanol–water partition coefficient (Wildman–Crippen LogP) is 4.37. The van der Waals surface area contributed by atoms with Crippen molar-refractivity contribution in [3.8, 4) is 0 Å². The molecule has 0 aliphatic carbocycles. The summed E-state index contributed by atoms with van der Waals surface area (Å²) in [5.74, 6) is 0.444. The number of nitrogens with two attached hydrogens (primary N) is 1. The van der Waals surface area contributed by atoms with E-state index in [1.54, 1.807) is 0 Å². The van der Waals surface area contributed by atoms with Gasteiger partial charge in [0.05, 0.1) is 21.3 Å². The Morgan fingerprint density at radius 2 is 1.80 bits per heavy atom. The third-order valence-corrected chi connectivity index (χ3v) is 4.54. The van der Waals surface area contributed by atoms with Crippen LogP contribution in [0.3, 0.4) is 0 Å².